The average molecular weight is 409 g/mol. The van der Waals surface area contributed by atoms with Gasteiger partial charge in [-0.25, -0.2) is 0 Å². The van der Waals surface area contributed by atoms with Crippen molar-refractivity contribution in [3.8, 4) is 0 Å². The summed E-state index contributed by atoms with van der Waals surface area (Å²) in [5.74, 6) is -0.168. The number of aliphatic hydroxyl groups excluding tert-OH is 1. The zero-order valence-electron chi connectivity index (χ0n) is 14.9. The van der Waals surface area contributed by atoms with E-state index in [4.69, 9.17) is 9.90 Å². The Balaban J connectivity index is 0. The molecule has 24 heavy (non-hydrogen) atoms. The zero-order valence-corrected chi connectivity index (χ0v) is 17.7. The van der Waals surface area contributed by atoms with E-state index in [9.17, 15) is 4.79 Å². The van der Waals surface area contributed by atoms with E-state index in [1.807, 2.05) is 13.0 Å². The minimum atomic E-state index is -0.393. The average Bonchev–Trinajstić information content (AvgIpc) is 2.51. The van der Waals surface area contributed by atoms with Crippen LogP contribution in [0.25, 0.3) is 0 Å². The summed E-state index contributed by atoms with van der Waals surface area (Å²) in [6.45, 7) is 9.03. The zero-order chi connectivity index (χ0) is 16.5. The molecule has 1 saturated heterocycles. The third-order valence-electron chi connectivity index (χ3n) is 3.80. The van der Waals surface area contributed by atoms with Crippen LogP contribution in [0.5, 0.6) is 0 Å². The van der Waals surface area contributed by atoms with Crippen molar-refractivity contribution in [1.82, 2.24) is 9.80 Å². The Kier molecular flexibility index (Phi) is 14.4. The van der Waals surface area contributed by atoms with Crippen LogP contribution >= 0.6 is 0 Å². The molecule has 1 fully saturated rings. The Morgan fingerprint density at radius 2 is 1.79 bits per heavy atom. The van der Waals surface area contributed by atoms with Gasteiger partial charge in [-0.2, -0.15) is 0 Å². The molecule has 1 aromatic rings. The number of hydrogen-bond acceptors (Lipinski definition) is 4. The molecule has 1 aromatic carbocycles. The van der Waals surface area contributed by atoms with Crippen molar-refractivity contribution >= 4 is 12.2 Å². The number of aldehydes is 1. The summed E-state index contributed by atoms with van der Waals surface area (Å²) in [6, 6.07) is 10.8. The number of benzene rings is 1. The first-order valence-corrected chi connectivity index (χ1v) is 7.44. The molecule has 0 aromatic heterocycles. The minimum absolute atomic E-state index is 0. The molecule has 0 saturated carbocycles. The van der Waals surface area contributed by atoms with Gasteiger partial charge in [-0.1, -0.05) is 30.3 Å². The van der Waals surface area contributed by atoms with Crippen LogP contribution in [0.4, 0.5) is 0 Å². The Labute approximate surface area is 171 Å². The first-order chi connectivity index (χ1) is 10.5. The Morgan fingerprint density at radius 3 is 2.29 bits per heavy atom. The molecule has 0 bridgehead atoms. The maximum absolute atomic E-state index is 11.6. The van der Waals surface area contributed by atoms with Crippen LogP contribution in [0.2, 0.25) is 0 Å². The van der Waals surface area contributed by atoms with Gasteiger partial charge in [0.1, 0.15) is 6.61 Å². The fourth-order valence-electron chi connectivity index (χ4n) is 2.67. The van der Waals surface area contributed by atoms with E-state index in [1.165, 1.54) is 5.56 Å². The predicted molar refractivity (Wildman–Crippen MR) is 92.4 cm³/mol. The summed E-state index contributed by atoms with van der Waals surface area (Å²) in [5, 5.41) is 8.99. The van der Waals surface area contributed by atoms with Crippen LogP contribution in [0.15, 0.2) is 30.3 Å². The van der Waals surface area contributed by atoms with Crippen LogP contribution in [-0.2, 0) is 48.8 Å². The van der Waals surface area contributed by atoms with Gasteiger partial charge in [0.25, 0.3) is 0 Å². The van der Waals surface area contributed by atoms with Crippen molar-refractivity contribution in [2.45, 2.75) is 32.5 Å². The summed E-state index contributed by atoms with van der Waals surface area (Å²) < 4.78 is 0. The van der Waals surface area contributed by atoms with E-state index in [0.29, 0.717) is 18.9 Å². The van der Waals surface area contributed by atoms with E-state index in [2.05, 4.69) is 43.0 Å². The molecule has 0 spiro atoms. The molecule has 2 unspecified atom stereocenters. The summed E-state index contributed by atoms with van der Waals surface area (Å²) in [7, 11) is 0. The Bertz CT molecular complexity index is 471. The monoisotopic (exact) mass is 409 g/mol. The van der Waals surface area contributed by atoms with E-state index < -0.39 is 6.61 Å². The van der Waals surface area contributed by atoms with Crippen LogP contribution in [0, 0.1) is 14.4 Å². The molecule has 2 rings (SSSR count). The molecular formula is C18H28N2O3Y-2. The Hall–Kier alpha value is -0.746. The number of rotatable bonds is 3. The molecule has 0 aliphatic carbocycles. The topological polar surface area (TPSA) is 60.9 Å². The fraction of sp³-hybridized carbons (Fsp3) is 0.444. The molecule has 1 radical (unpaired) electrons. The second kappa shape index (κ2) is 13.5. The molecule has 6 heteroatoms. The van der Waals surface area contributed by atoms with Gasteiger partial charge in [-0.05, 0) is 25.7 Å². The maximum Gasteiger partial charge on any atom is 0.248 e. The van der Waals surface area contributed by atoms with Crippen LogP contribution in [0.1, 0.15) is 19.4 Å². The largest absolute Gasteiger partial charge is 0.387 e. The molecule has 133 valence electrons. The number of piperazine rings is 1. The minimum Gasteiger partial charge on any atom is -0.387 e. The smallest absolute Gasteiger partial charge is 0.248 e. The van der Waals surface area contributed by atoms with Gasteiger partial charge in [0.2, 0.25) is 5.91 Å². The molecule has 1 aliphatic rings. The van der Waals surface area contributed by atoms with Gasteiger partial charge >= 0.3 is 0 Å². The van der Waals surface area contributed by atoms with Crippen molar-refractivity contribution in [2.75, 3.05) is 19.7 Å². The summed E-state index contributed by atoms with van der Waals surface area (Å²) in [4.78, 5) is 24.5. The molecule has 2 atom stereocenters. The van der Waals surface area contributed by atoms with Gasteiger partial charge in [-0.15, -0.1) is 0 Å². The van der Waals surface area contributed by atoms with Crippen molar-refractivity contribution in [3.05, 3.63) is 50.2 Å². The number of nitrogens with zero attached hydrogens (tertiary/aromatic N) is 2. The summed E-state index contributed by atoms with van der Waals surface area (Å²) in [6.07, 6.45) is 0.500. The standard InChI is InChI=1S/C15H22N2O2.C2H3O.CH3.Y/c1-12-9-17(15(19)11-18)13(2)8-16(12)10-14-6-4-3-5-7-14;1-2-3;;/h3-7,12-13,18H,8-11H2,1-2H3;2H,1H2;1H3;/q;2*-1;. The van der Waals surface area contributed by atoms with Crippen molar-refractivity contribution in [1.29, 1.82) is 0 Å². The van der Waals surface area contributed by atoms with E-state index in [0.717, 1.165) is 13.1 Å². The van der Waals surface area contributed by atoms with Gasteiger partial charge < -0.3 is 29.2 Å². The molecule has 1 N–H and O–H groups in total. The third-order valence-corrected chi connectivity index (χ3v) is 3.80. The normalized spacial score (nSPS) is 19.9. The van der Waals surface area contributed by atoms with Crippen LogP contribution in [0.3, 0.4) is 0 Å². The number of carbonyl (C=O) groups excluding carboxylic acids is 2. The SMILES string of the molecule is CC1CN(C(=O)CO)C(C)CN1Cc1ccccc1.[CH2-]C=O.[CH3-].[Y]. The fourth-order valence-corrected chi connectivity index (χ4v) is 2.67. The quantitative estimate of drug-likeness (QED) is 0.608. The van der Waals surface area contributed by atoms with Crippen LogP contribution < -0.4 is 0 Å². The number of carbonyl (C=O) groups is 2. The Morgan fingerprint density at radius 1 is 1.25 bits per heavy atom. The predicted octanol–water partition coefficient (Wildman–Crippen LogP) is 1.57. The first kappa shape index (κ1) is 25.5. The van der Waals surface area contributed by atoms with Gasteiger partial charge in [0, 0.05) is 64.4 Å². The van der Waals surface area contributed by atoms with Crippen LogP contribution in [-0.4, -0.2) is 58.9 Å². The number of hydrogen-bond donors (Lipinski definition) is 1. The number of aliphatic hydroxyl groups is 1. The summed E-state index contributed by atoms with van der Waals surface area (Å²) in [5.41, 5.74) is 1.29. The van der Waals surface area contributed by atoms with E-state index >= 15 is 0 Å². The second-order valence-electron chi connectivity index (χ2n) is 5.48. The van der Waals surface area contributed by atoms with E-state index in [-0.39, 0.29) is 52.1 Å². The molecule has 5 nitrogen and oxygen atoms in total. The van der Waals surface area contributed by atoms with Crippen molar-refractivity contribution in [3.63, 3.8) is 0 Å². The van der Waals surface area contributed by atoms with Gasteiger partial charge in [-0.3, -0.25) is 9.69 Å². The van der Waals surface area contributed by atoms with Crippen molar-refractivity contribution < 1.29 is 47.4 Å². The summed E-state index contributed by atoms with van der Waals surface area (Å²) >= 11 is 0. The van der Waals surface area contributed by atoms with Gasteiger partial charge in [0.05, 0.1) is 0 Å². The third kappa shape index (κ3) is 7.88. The molecular weight excluding hydrogens is 381 g/mol. The molecule has 1 heterocycles. The van der Waals surface area contributed by atoms with E-state index in [1.54, 1.807) is 4.90 Å². The molecule has 1 aliphatic heterocycles. The van der Waals surface area contributed by atoms with Gasteiger partial charge in [0.15, 0.2) is 0 Å². The van der Waals surface area contributed by atoms with Crippen molar-refractivity contribution in [2.24, 2.45) is 0 Å². The second-order valence-corrected chi connectivity index (χ2v) is 5.48. The molecule has 1 amide bonds. The first-order valence-electron chi connectivity index (χ1n) is 7.44. The number of amides is 1. The maximum atomic E-state index is 11.6.